The zero-order valence-corrected chi connectivity index (χ0v) is 17.9. The van der Waals surface area contributed by atoms with E-state index in [2.05, 4.69) is 10.6 Å². The highest BCUT2D eigenvalue weighted by atomic mass is 16.5. The molecular formula is C24H24N2O7. The number of carboxylic acids is 1. The zero-order valence-electron chi connectivity index (χ0n) is 17.9. The molecule has 9 heteroatoms. The van der Waals surface area contributed by atoms with Gasteiger partial charge in [0.05, 0.1) is 24.5 Å². The Labute approximate surface area is 190 Å². The van der Waals surface area contributed by atoms with Gasteiger partial charge in [-0.05, 0) is 61.4 Å². The first-order valence-corrected chi connectivity index (χ1v) is 10.3. The fraction of sp³-hybridized carbons (Fsp3) is 0.250. The second-order valence-electron chi connectivity index (χ2n) is 7.41. The Hall–Kier alpha value is -4.14. The number of amides is 2. The van der Waals surface area contributed by atoms with E-state index in [9.17, 15) is 24.3 Å². The van der Waals surface area contributed by atoms with Gasteiger partial charge >= 0.3 is 11.9 Å². The molecule has 3 rings (SSSR count). The number of hydrogen-bond acceptors (Lipinski definition) is 6. The molecule has 0 bridgehead atoms. The molecular weight excluding hydrogens is 428 g/mol. The molecule has 0 spiro atoms. The topological polar surface area (TPSA) is 131 Å². The normalized spacial score (nSPS) is 17.0. The highest BCUT2D eigenvalue weighted by molar-refractivity contribution is 5.97. The van der Waals surface area contributed by atoms with Crippen molar-refractivity contribution in [2.24, 2.45) is 11.8 Å². The third kappa shape index (κ3) is 6.42. The lowest BCUT2D eigenvalue weighted by Crippen LogP contribution is -2.34. The number of methoxy groups -OCH3 is 1. The summed E-state index contributed by atoms with van der Waals surface area (Å²) in [5.74, 6) is -3.37. The van der Waals surface area contributed by atoms with Crippen LogP contribution in [0.15, 0.2) is 60.7 Å². The minimum atomic E-state index is -1.01. The number of ether oxygens (including phenoxy) is 2. The first-order chi connectivity index (χ1) is 15.9. The quantitative estimate of drug-likeness (QED) is 0.414. The van der Waals surface area contributed by atoms with Crippen LogP contribution in [0.1, 0.15) is 23.2 Å². The Bertz CT molecular complexity index is 1050. The third-order valence-corrected chi connectivity index (χ3v) is 5.18. The van der Waals surface area contributed by atoms with E-state index >= 15 is 0 Å². The van der Waals surface area contributed by atoms with Crippen molar-refractivity contribution in [3.8, 4) is 5.75 Å². The fourth-order valence-corrected chi connectivity index (χ4v) is 3.39. The average Bonchev–Trinajstić information content (AvgIpc) is 2.83. The summed E-state index contributed by atoms with van der Waals surface area (Å²) in [4.78, 5) is 48.1. The number of rotatable bonds is 8. The molecule has 0 saturated heterocycles. The molecule has 0 aromatic heterocycles. The van der Waals surface area contributed by atoms with E-state index in [0.717, 1.165) is 0 Å². The molecule has 33 heavy (non-hydrogen) atoms. The van der Waals surface area contributed by atoms with Gasteiger partial charge in [0.2, 0.25) is 5.91 Å². The van der Waals surface area contributed by atoms with Gasteiger partial charge in [0.25, 0.3) is 5.91 Å². The number of carbonyl (C=O) groups is 4. The van der Waals surface area contributed by atoms with Gasteiger partial charge in [0, 0.05) is 11.4 Å². The summed E-state index contributed by atoms with van der Waals surface area (Å²) in [6.07, 6.45) is 4.23. The standard InChI is InChI=1S/C24H24N2O7/c1-32-18-12-10-16(11-13-18)25-21(27)14-33-24(31)15-6-8-17(9-7-15)26-22(28)19-4-2-3-5-20(19)23(29)30/h2-3,6-13,19-20H,4-5,14H2,1H3,(H,25,27)(H,26,28)(H,29,30). The molecule has 2 unspecified atom stereocenters. The summed E-state index contributed by atoms with van der Waals surface area (Å²) in [5.41, 5.74) is 1.16. The summed E-state index contributed by atoms with van der Waals surface area (Å²) in [7, 11) is 1.54. The van der Waals surface area contributed by atoms with Crippen LogP contribution >= 0.6 is 0 Å². The molecule has 0 radical (unpaired) electrons. The van der Waals surface area contributed by atoms with Gasteiger partial charge in [-0.3, -0.25) is 14.4 Å². The van der Waals surface area contributed by atoms with Crippen molar-refractivity contribution in [1.82, 2.24) is 0 Å². The minimum Gasteiger partial charge on any atom is -0.497 e. The number of esters is 1. The number of aliphatic carboxylic acids is 1. The largest absolute Gasteiger partial charge is 0.497 e. The SMILES string of the molecule is COc1ccc(NC(=O)COC(=O)c2ccc(NC(=O)C3CC=CCC3C(=O)O)cc2)cc1. The predicted molar refractivity (Wildman–Crippen MR) is 120 cm³/mol. The minimum absolute atomic E-state index is 0.203. The highest BCUT2D eigenvalue weighted by Gasteiger charge is 2.33. The number of nitrogens with one attached hydrogen (secondary N) is 2. The van der Waals surface area contributed by atoms with Crippen molar-refractivity contribution >= 4 is 35.1 Å². The van der Waals surface area contributed by atoms with E-state index in [0.29, 0.717) is 30.0 Å². The van der Waals surface area contributed by atoms with Crippen LogP contribution in [0.3, 0.4) is 0 Å². The van der Waals surface area contributed by atoms with Crippen molar-refractivity contribution in [2.45, 2.75) is 12.8 Å². The molecule has 0 aliphatic heterocycles. The summed E-state index contributed by atoms with van der Waals surface area (Å²) >= 11 is 0. The molecule has 0 heterocycles. The number of hydrogen-bond donors (Lipinski definition) is 3. The molecule has 2 amide bonds. The lowest BCUT2D eigenvalue weighted by Gasteiger charge is -2.24. The molecule has 0 saturated carbocycles. The monoisotopic (exact) mass is 452 g/mol. The first-order valence-electron chi connectivity index (χ1n) is 10.3. The number of carboxylic acid groups (broad SMARTS) is 1. The third-order valence-electron chi connectivity index (χ3n) is 5.18. The fourth-order valence-electron chi connectivity index (χ4n) is 3.39. The van der Waals surface area contributed by atoms with Crippen molar-refractivity contribution < 1.29 is 33.8 Å². The van der Waals surface area contributed by atoms with E-state index < -0.39 is 42.2 Å². The molecule has 1 aliphatic rings. The van der Waals surface area contributed by atoms with Gasteiger partial charge in [-0.15, -0.1) is 0 Å². The Balaban J connectivity index is 1.50. The second-order valence-corrected chi connectivity index (χ2v) is 7.41. The molecule has 2 atom stereocenters. The van der Waals surface area contributed by atoms with Crippen LogP contribution < -0.4 is 15.4 Å². The molecule has 9 nitrogen and oxygen atoms in total. The van der Waals surface area contributed by atoms with Crippen LogP contribution in [-0.4, -0.2) is 42.6 Å². The Morgan fingerprint density at radius 1 is 0.879 bits per heavy atom. The summed E-state index contributed by atoms with van der Waals surface area (Å²) in [6.45, 7) is -0.463. The predicted octanol–water partition coefficient (Wildman–Crippen LogP) is 3.10. The van der Waals surface area contributed by atoms with Gasteiger partial charge < -0.3 is 25.2 Å². The zero-order chi connectivity index (χ0) is 23.8. The number of allylic oxidation sites excluding steroid dienone is 2. The number of anilines is 2. The lowest BCUT2D eigenvalue weighted by molar-refractivity contribution is -0.146. The molecule has 1 aliphatic carbocycles. The van der Waals surface area contributed by atoms with Crippen molar-refractivity contribution in [3.05, 3.63) is 66.2 Å². The van der Waals surface area contributed by atoms with Crippen LogP contribution in [0.2, 0.25) is 0 Å². The Morgan fingerprint density at radius 2 is 1.45 bits per heavy atom. The number of benzene rings is 2. The van der Waals surface area contributed by atoms with E-state index in [1.54, 1.807) is 36.4 Å². The van der Waals surface area contributed by atoms with E-state index in [4.69, 9.17) is 9.47 Å². The maximum absolute atomic E-state index is 12.5. The highest BCUT2D eigenvalue weighted by Crippen LogP contribution is 2.27. The van der Waals surface area contributed by atoms with Crippen LogP contribution in [0.25, 0.3) is 0 Å². The van der Waals surface area contributed by atoms with E-state index in [1.165, 1.54) is 31.4 Å². The molecule has 2 aromatic carbocycles. The van der Waals surface area contributed by atoms with Crippen molar-refractivity contribution in [1.29, 1.82) is 0 Å². The maximum atomic E-state index is 12.5. The van der Waals surface area contributed by atoms with Gasteiger partial charge in [-0.2, -0.15) is 0 Å². The van der Waals surface area contributed by atoms with Crippen molar-refractivity contribution in [3.63, 3.8) is 0 Å². The molecule has 2 aromatic rings. The first kappa shape index (κ1) is 23.5. The smallest absolute Gasteiger partial charge is 0.338 e. The van der Waals surface area contributed by atoms with Gasteiger partial charge in [0.15, 0.2) is 6.61 Å². The molecule has 3 N–H and O–H groups in total. The average molecular weight is 452 g/mol. The van der Waals surface area contributed by atoms with Gasteiger partial charge in [-0.1, -0.05) is 12.2 Å². The number of carbonyl (C=O) groups excluding carboxylic acids is 3. The lowest BCUT2D eigenvalue weighted by atomic mass is 9.82. The Kier molecular flexibility index (Phi) is 7.80. The maximum Gasteiger partial charge on any atom is 0.338 e. The van der Waals surface area contributed by atoms with Gasteiger partial charge in [-0.25, -0.2) is 4.79 Å². The molecule has 0 fully saturated rings. The summed E-state index contributed by atoms with van der Waals surface area (Å²) in [6, 6.07) is 12.6. The summed E-state index contributed by atoms with van der Waals surface area (Å²) in [5, 5.41) is 14.6. The van der Waals surface area contributed by atoms with Gasteiger partial charge in [0.1, 0.15) is 5.75 Å². The van der Waals surface area contributed by atoms with Crippen LogP contribution in [0, 0.1) is 11.8 Å². The van der Waals surface area contributed by atoms with Crippen LogP contribution in [-0.2, 0) is 19.1 Å². The van der Waals surface area contributed by atoms with Crippen molar-refractivity contribution in [2.75, 3.05) is 24.4 Å². The summed E-state index contributed by atoms with van der Waals surface area (Å²) < 4.78 is 10.1. The Morgan fingerprint density at radius 3 is 2.06 bits per heavy atom. The van der Waals surface area contributed by atoms with E-state index in [1.807, 2.05) is 0 Å². The van der Waals surface area contributed by atoms with Crippen LogP contribution in [0.5, 0.6) is 5.75 Å². The van der Waals surface area contributed by atoms with Crippen LogP contribution in [0.4, 0.5) is 11.4 Å². The molecule has 172 valence electrons. The van der Waals surface area contributed by atoms with E-state index in [-0.39, 0.29) is 5.56 Å². The second kappa shape index (κ2) is 10.9.